The van der Waals surface area contributed by atoms with Crippen molar-refractivity contribution in [2.24, 2.45) is 5.92 Å². The highest BCUT2D eigenvalue weighted by atomic mass is 16.2. The molecule has 11 heteroatoms. The van der Waals surface area contributed by atoms with Crippen molar-refractivity contribution in [1.82, 2.24) is 40.3 Å². The normalized spacial score (nSPS) is 14.1. The summed E-state index contributed by atoms with van der Waals surface area (Å²) in [4.78, 5) is 28.6. The number of aryl methyl sites for hydroxylation is 2. The van der Waals surface area contributed by atoms with Gasteiger partial charge in [0.1, 0.15) is 0 Å². The molecule has 0 bridgehead atoms. The number of hydrogen-bond donors (Lipinski definition) is 2. The second-order valence-corrected chi connectivity index (χ2v) is 8.70. The molecule has 1 aliphatic carbocycles. The van der Waals surface area contributed by atoms with Gasteiger partial charge in [0.05, 0.1) is 24.6 Å². The van der Waals surface area contributed by atoms with Crippen molar-refractivity contribution >= 4 is 17.6 Å². The minimum atomic E-state index is -0.280. The number of carbonyl (C=O) groups is 2. The lowest BCUT2D eigenvalue weighted by molar-refractivity contribution is -0.117. The first kappa shape index (κ1) is 23.5. The molecular formula is C23H31N9O2. The minimum Gasteiger partial charge on any atom is -0.345 e. The molecule has 2 N–H and O–H groups in total. The van der Waals surface area contributed by atoms with Crippen LogP contribution in [0.4, 0.5) is 5.82 Å². The number of rotatable bonds is 11. The van der Waals surface area contributed by atoms with E-state index in [9.17, 15) is 9.59 Å². The Balaban J connectivity index is 1.13. The molecule has 2 amide bonds. The Morgan fingerprint density at radius 2 is 1.74 bits per heavy atom. The molecule has 0 saturated heterocycles. The highest BCUT2D eigenvalue weighted by Crippen LogP contribution is 2.26. The van der Waals surface area contributed by atoms with Gasteiger partial charge in [-0.3, -0.25) is 23.9 Å². The number of pyridine rings is 1. The van der Waals surface area contributed by atoms with Gasteiger partial charge in [-0.05, 0) is 43.7 Å². The van der Waals surface area contributed by atoms with E-state index >= 15 is 0 Å². The first-order chi connectivity index (χ1) is 16.7. The van der Waals surface area contributed by atoms with Crippen LogP contribution in [0.25, 0.3) is 0 Å². The Hall–Kier alpha value is -3.63. The lowest BCUT2D eigenvalue weighted by Crippen LogP contribution is -2.23. The lowest BCUT2D eigenvalue weighted by Gasteiger charge is -2.20. The number of carbonyl (C=O) groups excluding carboxylic acids is 2. The molecule has 3 heterocycles. The Bertz CT molecular complexity index is 1060. The number of anilines is 1. The third-order valence-corrected chi connectivity index (χ3v) is 5.96. The van der Waals surface area contributed by atoms with Crippen molar-refractivity contribution in [2.45, 2.75) is 71.0 Å². The van der Waals surface area contributed by atoms with Crippen LogP contribution in [0, 0.1) is 5.92 Å². The Morgan fingerprint density at radius 3 is 2.50 bits per heavy atom. The number of amides is 2. The van der Waals surface area contributed by atoms with Crippen LogP contribution >= 0.6 is 0 Å². The van der Waals surface area contributed by atoms with Gasteiger partial charge in [0.15, 0.2) is 11.5 Å². The van der Waals surface area contributed by atoms with Gasteiger partial charge < -0.3 is 10.6 Å². The van der Waals surface area contributed by atoms with Gasteiger partial charge in [-0.25, -0.2) is 0 Å². The summed E-state index contributed by atoms with van der Waals surface area (Å²) in [5, 5.41) is 21.8. The molecular weight excluding hydrogens is 434 g/mol. The molecule has 4 rings (SSSR count). The van der Waals surface area contributed by atoms with Gasteiger partial charge >= 0.3 is 0 Å². The Morgan fingerprint density at radius 1 is 0.971 bits per heavy atom. The van der Waals surface area contributed by atoms with Crippen LogP contribution in [-0.2, 0) is 24.4 Å². The first-order valence-electron chi connectivity index (χ1n) is 11.9. The zero-order valence-corrected chi connectivity index (χ0v) is 19.3. The third kappa shape index (κ3) is 7.19. The molecule has 0 aromatic carbocycles. The van der Waals surface area contributed by atoms with Crippen LogP contribution in [0.2, 0.25) is 0 Å². The average Bonchev–Trinajstić information content (AvgIpc) is 3.51. The Kier molecular flexibility index (Phi) is 8.31. The van der Waals surface area contributed by atoms with E-state index in [0.29, 0.717) is 37.8 Å². The smallest absolute Gasteiger partial charge is 0.273 e. The first-order valence-corrected chi connectivity index (χ1v) is 11.9. The van der Waals surface area contributed by atoms with Gasteiger partial charge in [0, 0.05) is 25.7 Å². The van der Waals surface area contributed by atoms with Crippen LogP contribution in [0.5, 0.6) is 0 Å². The summed E-state index contributed by atoms with van der Waals surface area (Å²) in [6.07, 6.45) is 13.4. The topological polar surface area (TPSA) is 133 Å². The van der Waals surface area contributed by atoms with Gasteiger partial charge in [0.2, 0.25) is 5.91 Å². The standard InChI is InChI=1S/C23H31N9O2/c33-22(14-18-8-2-1-3-9-18)26-21-17-32(30-28-21)13-7-6-12-31-16-20(27-29-31)23(34)25-15-19-10-4-5-11-24-19/h4-5,10-11,16-18H,1-3,6-9,12-15H2,(H,25,34)(H,26,33). The van der Waals surface area contributed by atoms with E-state index in [1.54, 1.807) is 28.0 Å². The van der Waals surface area contributed by atoms with E-state index in [4.69, 9.17) is 0 Å². The number of unbranched alkanes of at least 4 members (excludes halogenated alkanes) is 1. The lowest BCUT2D eigenvalue weighted by atomic mass is 9.87. The quantitative estimate of drug-likeness (QED) is 0.416. The fourth-order valence-electron chi connectivity index (χ4n) is 4.14. The highest BCUT2D eigenvalue weighted by molar-refractivity contribution is 5.91. The van der Waals surface area contributed by atoms with Crippen LogP contribution in [0.15, 0.2) is 36.8 Å². The van der Waals surface area contributed by atoms with E-state index in [1.165, 1.54) is 19.3 Å². The SMILES string of the molecule is O=C(CC1CCCCC1)Nc1cn(CCCCn2cc(C(=O)NCc3ccccn3)nn2)nn1. The largest absolute Gasteiger partial charge is 0.345 e. The zero-order chi connectivity index (χ0) is 23.6. The summed E-state index contributed by atoms with van der Waals surface area (Å²) in [7, 11) is 0. The summed E-state index contributed by atoms with van der Waals surface area (Å²) >= 11 is 0. The van der Waals surface area contributed by atoms with Crippen LogP contribution in [0.1, 0.15) is 67.5 Å². The van der Waals surface area contributed by atoms with Crippen molar-refractivity contribution in [1.29, 1.82) is 0 Å². The molecule has 0 radical (unpaired) electrons. The summed E-state index contributed by atoms with van der Waals surface area (Å²) in [6, 6.07) is 5.55. The summed E-state index contributed by atoms with van der Waals surface area (Å²) < 4.78 is 3.39. The molecule has 1 saturated carbocycles. The molecule has 0 spiro atoms. The molecule has 180 valence electrons. The number of nitrogens with one attached hydrogen (secondary N) is 2. The second kappa shape index (κ2) is 12.0. The molecule has 3 aromatic rings. The molecule has 0 aliphatic heterocycles. The monoisotopic (exact) mass is 465 g/mol. The van der Waals surface area contributed by atoms with Crippen molar-refractivity contribution in [3.63, 3.8) is 0 Å². The predicted octanol–water partition coefficient (Wildman–Crippen LogP) is 2.58. The number of aromatic nitrogens is 7. The molecule has 1 fully saturated rings. The maximum absolute atomic E-state index is 12.2. The number of hydrogen-bond acceptors (Lipinski definition) is 7. The van der Waals surface area contributed by atoms with E-state index in [1.807, 2.05) is 18.2 Å². The van der Waals surface area contributed by atoms with E-state index in [0.717, 1.165) is 31.4 Å². The maximum atomic E-state index is 12.2. The summed E-state index contributed by atoms with van der Waals surface area (Å²) in [6.45, 7) is 1.66. The van der Waals surface area contributed by atoms with E-state index < -0.39 is 0 Å². The van der Waals surface area contributed by atoms with E-state index in [-0.39, 0.29) is 17.5 Å². The minimum absolute atomic E-state index is 0.0185. The van der Waals surface area contributed by atoms with E-state index in [2.05, 4.69) is 36.2 Å². The van der Waals surface area contributed by atoms with Crippen molar-refractivity contribution in [2.75, 3.05) is 5.32 Å². The van der Waals surface area contributed by atoms with Crippen molar-refractivity contribution in [3.05, 3.63) is 48.2 Å². The van der Waals surface area contributed by atoms with Crippen LogP contribution in [-0.4, -0.2) is 46.8 Å². The van der Waals surface area contributed by atoms with Crippen molar-refractivity contribution < 1.29 is 9.59 Å². The highest BCUT2D eigenvalue weighted by Gasteiger charge is 2.17. The molecule has 34 heavy (non-hydrogen) atoms. The Labute approximate surface area is 198 Å². The fourth-order valence-corrected chi connectivity index (χ4v) is 4.14. The van der Waals surface area contributed by atoms with Gasteiger partial charge in [0.25, 0.3) is 5.91 Å². The fraction of sp³-hybridized carbons (Fsp3) is 0.522. The third-order valence-electron chi connectivity index (χ3n) is 5.96. The second-order valence-electron chi connectivity index (χ2n) is 8.70. The molecule has 0 atom stereocenters. The zero-order valence-electron chi connectivity index (χ0n) is 19.3. The van der Waals surface area contributed by atoms with Gasteiger partial charge in [-0.15, -0.1) is 10.2 Å². The predicted molar refractivity (Wildman–Crippen MR) is 125 cm³/mol. The molecule has 3 aromatic heterocycles. The average molecular weight is 466 g/mol. The summed E-state index contributed by atoms with van der Waals surface area (Å²) in [5.41, 5.74) is 1.06. The van der Waals surface area contributed by atoms with Crippen LogP contribution in [0.3, 0.4) is 0 Å². The molecule has 11 nitrogen and oxygen atoms in total. The molecule has 0 unspecified atom stereocenters. The maximum Gasteiger partial charge on any atom is 0.273 e. The van der Waals surface area contributed by atoms with Gasteiger partial charge in [-0.1, -0.05) is 35.8 Å². The van der Waals surface area contributed by atoms with Gasteiger partial charge in [-0.2, -0.15) is 0 Å². The number of nitrogens with zero attached hydrogens (tertiary/aromatic N) is 7. The van der Waals surface area contributed by atoms with Crippen molar-refractivity contribution in [3.8, 4) is 0 Å². The molecule has 1 aliphatic rings. The summed E-state index contributed by atoms with van der Waals surface area (Å²) in [5.74, 6) is 0.731. The van der Waals surface area contributed by atoms with Crippen LogP contribution < -0.4 is 10.6 Å².